The monoisotopic (exact) mass is 272 g/mol. The molecule has 104 valence electrons. The van der Waals surface area contributed by atoms with E-state index in [0.29, 0.717) is 17.3 Å². The summed E-state index contributed by atoms with van der Waals surface area (Å²) in [5, 5.41) is 4.26. The molecule has 0 saturated heterocycles. The Hall–Kier alpha value is -2.30. The van der Waals surface area contributed by atoms with Crippen molar-refractivity contribution in [1.29, 1.82) is 0 Å². The third-order valence-electron chi connectivity index (χ3n) is 2.90. The number of hydrogen-bond donors (Lipinski definition) is 1. The van der Waals surface area contributed by atoms with Crippen molar-refractivity contribution in [2.75, 3.05) is 5.43 Å². The molecular weight excluding hydrogens is 255 g/mol. The van der Waals surface area contributed by atoms with Crippen molar-refractivity contribution in [3.63, 3.8) is 0 Å². The van der Waals surface area contributed by atoms with E-state index < -0.39 is 6.67 Å². The molecule has 0 aliphatic heterocycles. The highest BCUT2D eigenvalue weighted by Crippen LogP contribution is 2.10. The lowest BCUT2D eigenvalue weighted by Crippen LogP contribution is -2.05. The molecule has 0 fully saturated rings. The molecule has 0 aliphatic rings. The van der Waals surface area contributed by atoms with Crippen LogP contribution in [0.1, 0.15) is 29.4 Å². The summed E-state index contributed by atoms with van der Waals surface area (Å²) in [7, 11) is 0. The summed E-state index contributed by atoms with van der Waals surface area (Å²) < 4.78 is 12.6. The molecule has 5 heteroatoms. The molecule has 0 atom stereocenters. The number of aryl methyl sites for hydroxylation is 2. The van der Waals surface area contributed by atoms with Gasteiger partial charge in [0.15, 0.2) is 0 Å². The molecular formula is C15H17FN4. The number of rotatable bonds is 4. The van der Waals surface area contributed by atoms with E-state index in [2.05, 4.69) is 20.5 Å². The number of alkyl halides is 1. The largest absolute Gasteiger partial charge is 0.245 e. The molecule has 0 bridgehead atoms. The van der Waals surface area contributed by atoms with Crippen LogP contribution < -0.4 is 5.43 Å². The summed E-state index contributed by atoms with van der Waals surface area (Å²) >= 11 is 0. The van der Waals surface area contributed by atoms with E-state index >= 15 is 0 Å². The molecule has 4 nitrogen and oxygen atoms in total. The number of halogens is 1. The molecule has 1 N–H and O–H groups in total. The predicted molar refractivity (Wildman–Crippen MR) is 78.6 cm³/mol. The van der Waals surface area contributed by atoms with E-state index in [1.165, 1.54) is 0 Å². The van der Waals surface area contributed by atoms with Crippen LogP contribution in [0.4, 0.5) is 10.3 Å². The number of hydrogen-bond acceptors (Lipinski definition) is 4. The molecule has 0 spiro atoms. The summed E-state index contributed by atoms with van der Waals surface area (Å²) in [4.78, 5) is 8.21. The number of nitrogens with zero attached hydrogens (tertiary/aromatic N) is 3. The molecule has 0 amide bonds. The number of aromatic nitrogens is 2. The van der Waals surface area contributed by atoms with Crippen LogP contribution in [0.15, 0.2) is 35.4 Å². The SMILES string of the molecule is CC(=NNc1nc(C)cc(CF)n1)c1ccccc1C. The van der Waals surface area contributed by atoms with Crippen molar-refractivity contribution < 1.29 is 4.39 Å². The summed E-state index contributed by atoms with van der Waals surface area (Å²) in [6.45, 7) is 5.11. The molecule has 2 rings (SSSR count). The first-order valence-electron chi connectivity index (χ1n) is 6.37. The maximum absolute atomic E-state index is 12.6. The summed E-state index contributed by atoms with van der Waals surface area (Å²) in [6.07, 6.45) is 0. The summed E-state index contributed by atoms with van der Waals surface area (Å²) in [6, 6.07) is 9.59. The average molecular weight is 272 g/mol. The molecule has 2 aromatic rings. The van der Waals surface area contributed by atoms with Crippen molar-refractivity contribution in [2.45, 2.75) is 27.4 Å². The normalized spacial score (nSPS) is 11.5. The van der Waals surface area contributed by atoms with Gasteiger partial charge in [-0.2, -0.15) is 5.10 Å². The van der Waals surface area contributed by atoms with Gasteiger partial charge in [0.2, 0.25) is 5.95 Å². The minimum atomic E-state index is -0.613. The van der Waals surface area contributed by atoms with Gasteiger partial charge in [-0.05, 0) is 32.4 Å². The van der Waals surface area contributed by atoms with Crippen LogP contribution in [0, 0.1) is 13.8 Å². The fourth-order valence-electron chi connectivity index (χ4n) is 1.93. The fourth-order valence-corrected chi connectivity index (χ4v) is 1.93. The van der Waals surface area contributed by atoms with Crippen LogP contribution >= 0.6 is 0 Å². The van der Waals surface area contributed by atoms with Gasteiger partial charge in [0.05, 0.1) is 11.4 Å². The van der Waals surface area contributed by atoms with E-state index in [4.69, 9.17) is 0 Å². The Morgan fingerprint density at radius 2 is 2.00 bits per heavy atom. The zero-order valence-electron chi connectivity index (χ0n) is 11.8. The van der Waals surface area contributed by atoms with E-state index in [1.807, 2.05) is 38.1 Å². The summed E-state index contributed by atoms with van der Waals surface area (Å²) in [5.74, 6) is 0.311. The average Bonchev–Trinajstić information content (AvgIpc) is 2.44. The molecule has 0 aliphatic carbocycles. The number of anilines is 1. The van der Waals surface area contributed by atoms with E-state index in [1.54, 1.807) is 13.0 Å². The smallest absolute Gasteiger partial charge is 0.244 e. The van der Waals surface area contributed by atoms with E-state index in [9.17, 15) is 4.39 Å². The minimum Gasteiger partial charge on any atom is -0.245 e. The highest BCUT2D eigenvalue weighted by Gasteiger charge is 2.03. The Morgan fingerprint density at radius 1 is 1.25 bits per heavy atom. The van der Waals surface area contributed by atoms with Crippen molar-refractivity contribution in [1.82, 2.24) is 9.97 Å². The van der Waals surface area contributed by atoms with Gasteiger partial charge in [0.25, 0.3) is 0 Å². The Labute approximate surface area is 117 Å². The van der Waals surface area contributed by atoms with Gasteiger partial charge in [-0.25, -0.2) is 19.8 Å². The Balaban J connectivity index is 2.21. The number of hydrazone groups is 1. The molecule has 1 aromatic heterocycles. The molecule has 1 aromatic carbocycles. The second-order valence-corrected chi connectivity index (χ2v) is 4.58. The molecule has 0 saturated carbocycles. The standard InChI is InChI=1S/C15H17FN4/c1-10-6-4-5-7-14(10)12(3)19-20-15-17-11(2)8-13(9-16)18-15/h4-8H,9H2,1-3H3,(H,17,18,20). The van der Waals surface area contributed by atoms with Gasteiger partial charge in [-0.1, -0.05) is 24.3 Å². The third-order valence-corrected chi connectivity index (χ3v) is 2.90. The second kappa shape index (κ2) is 6.23. The van der Waals surface area contributed by atoms with Crippen LogP contribution in [0.5, 0.6) is 0 Å². The Bertz CT molecular complexity index is 638. The second-order valence-electron chi connectivity index (χ2n) is 4.58. The maximum atomic E-state index is 12.6. The first-order chi connectivity index (χ1) is 9.60. The Morgan fingerprint density at radius 3 is 2.70 bits per heavy atom. The van der Waals surface area contributed by atoms with Crippen molar-refractivity contribution in [3.8, 4) is 0 Å². The van der Waals surface area contributed by atoms with Crippen molar-refractivity contribution in [3.05, 3.63) is 52.8 Å². The quantitative estimate of drug-likeness (QED) is 0.685. The van der Waals surface area contributed by atoms with Gasteiger partial charge >= 0.3 is 0 Å². The van der Waals surface area contributed by atoms with Crippen molar-refractivity contribution >= 4 is 11.7 Å². The lowest BCUT2D eigenvalue weighted by atomic mass is 10.1. The van der Waals surface area contributed by atoms with Gasteiger partial charge in [0.1, 0.15) is 6.67 Å². The zero-order valence-corrected chi connectivity index (χ0v) is 11.8. The zero-order chi connectivity index (χ0) is 14.5. The van der Waals surface area contributed by atoms with Crippen LogP contribution in [0.2, 0.25) is 0 Å². The molecule has 0 radical (unpaired) electrons. The number of benzene rings is 1. The lowest BCUT2D eigenvalue weighted by Gasteiger charge is -2.06. The van der Waals surface area contributed by atoms with Gasteiger partial charge in [0, 0.05) is 11.3 Å². The first kappa shape index (κ1) is 14.1. The maximum Gasteiger partial charge on any atom is 0.244 e. The van der Waals surface area contributed by atoms with Crippen LogP contribution in [0.3, 0.4) is 0 Å². The molecule has 0 unspecified atom stereocenters. The molecule has 20 heavy (non-hydrogen) atoms. The van der Waals surface area contributed by atoms with Gasteiger partial charge < -0.3 is 0 Å². The molecule has 1 heterocycles. The highest BCUT2D eigenvalue weighted by molar-refractivity contribution is 6.00. The third kappa shape index (κ3) is 3.38. The van der Waals surface area contributed by atoms with Crippen LogP contribution in [0.25, 0.3) is 0 Å². The fraction of sp³-hybridized carbons (Fsp3) is 0.267. The van der Waals surface area contributed by atoms with Gasteiger partial charge in [-0.3, -0.25) is 0 Å². The predicted octanol–water partition coefficient (Wildman–Crippen LogP) is 3.40. The van der Waals surface area contributed by atoms with Crippen LogP contribution in [-0.2, 0) is 6.67 Å². The first-order valence-corrected chi connectivity index (χ1v) is 6.37. The van der Waals surface area contributed by atoms with Crippen LogP contribution in [-0.4, -0.2) is 15.7 Å². The highest BCUT2D eigenvalue weighted by atomic mass is 19.1. The minimum absolute atomic E-state index is 0.311. The van der Waals surface area contributed by atoms with Gasteiger partial charge in [-0.15, -0.1) is 0 Å². The van der Waals surface area contributed by atoms with E-state index in [-0.39, 0.29) is 0 Å². The summed E-state index contributed by atoms with van der Waals surface area (Å²) in [5.41, 5.74) is 6.87. The Kier molecular flexibility index (Phi) is 4.40. The lowest BCUT2D eigenvalue weighted by molar-refractivity contribution is 0.475. The number of nitrogens with one attached hydrogen (secondary N) is 1. The topological polar surface area (TPSA) is 50.2 Å². The van der Waals surface area contributed by atoms with Crippen molar-refractivity contribution in [2.24, 2.45) is 5.10 Å². The van der Waals surface area contributed by atoms with E-state index in [0.717, 1.165) is 16.8 Å².